The van der Waals surface area contributed by atoms with Crippen LogP contribution >= 0.6 is 0 Å². The molecule has 128 valence electrons. The van der Waals surface area contributed by atoms with E-state index in [9.17, 15) is 4.79 Å². The zero-order chi connectivity index (χ0) is 17.4. The maximum Gasteiger partial charge on any atom is 0.304 e. The van der Waals surface area contributed by atoms with Gasteiger partial charge in [0.1, 0.15) is 11.5 Å². The number of aliphatic carboxylic acids is 1. The highest BCUT2D eigenvalue weighted by Crippen LogP contribution is 2.17. The van der Waals surface area contributed by atoms with Crippen LogP contribution in [0, 0.1) is 0 Å². The monoisotopic (exact) mass is 329 g/mol. The Kier molecular flexibility index (Phi) is 6.63. The van der Waals surface area contributed by atoms with Crippen LogP contribution in [-0.2, 0) is 17.9 Å². The van der Waals surface area contributed by atoms with E-state index in [-0.39, 0.29) is 6.42 Å². The molecule has 0 amide bonds. The predicted octanol–water partition coefficient (Wildman–Crippen LogP) is 3.18. The fraction of sp³-hybridized carbons (Fsp3) is 0.316. The molecule has 2 aromatic carbocycles. The molecule has 0 aliphatic carbocycles. The highest BCUT2D eigenvalue weighted by atomic mass is 16.5. The molecule has 0 saturated carbocycles. The molecule has 0 aliphatic rings. The average molecular weight is 329 g/mol. The summed E-state index contributed by atoms with van der Waals surface area (Å²) in [4.78, 5) is 13.0. The lowest BCUT2D eigenvalue weighted by atomic mass is 10.1. The summed E-state index contributed by atoms with van der Waals surface area (Å²) < 4.78 is 10.3. The third-order valence-electron chi connectivity index (χ3n) is 3.77. The Balaban J connectivity index is 2.05. The summed E-state index contributed by atoms with van der Waals surface area (Å²) in [5.41, 5.74) is 2.24. The number of methoxy groups -OCH3 is 2. The molecule has 2 rings (SSSR count). The van der Waals surface area contributed by atoms with Crippen LogP contribution in [0.2, 0.25) is 0 Å². The number of hydrogen-bond acceptors (Lipinski definition) is 4. The summed E-state index contributed by atoms with van der Waals surface area (Å²) in [6, 6.07) is 15.7. The van der Waals surface area contributed by atoms with E-state index in [0.29, 0.717) is 19.6 Å². The van der Waals surface area contributed by atoms with Gasteiger partial charge in [0.25, 0.3) is 0 Å². The third kappa shape index (κ3) is 5.59. The fourth-order valence-electron chi connectivity index (χ4n) is 2.45. The summed E-state index contributed by atoms with van der Waals surface area (Å²) in [6.07, 6.45) is 0.117. The third-order valence-corrected chi connectivity index (χ3v) is 3.77. The maximum atomic E-state index is 10.9. The van der Waals surface area contributed by atoms with E-state index in [0.717, 1.165) is 22.6 Å². The van der Waals surface area contributed by atoms with Crippen molar-refractivity contribution < 1.29 is 19.4 Å². The van der Waals surface area contributed by atoms with Crippen molar-refractivity contribution in [2.45, 2.75) is 19.5 Å². The minimum absolute atomic E-state index is 0.117. The first-order valence-corrected chi connectivity index (χ1v) is 7.80. The van der Waals surface area contributed by atoms with Crippen molar-refractivity contribution in [1.29, 1.82) is 0 Å². The molecule has 0 heterocycles. The number of carbonyl (C=O) groups is 1. The van der Waals surface area contributed by atoms with Crippen LogP contribution in [0.25, 0.3) is 0 Å². The molecule has 2 aromatic rings. The molecule has 0 atom stereocenters. The molecule has 0 saturated heterocycles. The van der Waals surface area contributed by atoms with Crippen LogP contribution in [0.3, 0.4) is 0 Å². The predicted molar refractivity (Wildman–Crippen MR) is 92.4 cm³/mol. The zero-order valence-electron chi connectivity index (χ0n) is 14.1. The van der Waals surface area contributed by atoms with E-state index in [2.05, 4.69) is 4.90 Å². The highest BCUT2D eigenvalue weighted by Gasteiger charge is 2.10. The number of nitrogens with zero attached hydrogens (tertiary/aromatic N) is 1. The molecular formula is C19H23NO4. The van der Waals surface area contributed by atoms with Crippen molar-refractivity contribution in [2.75, 3.05) is 20.8 Å². The van der Waals surface area contributed by atoms with Gasteiger partial charge in [0.05, 0.1) is 20.6 Å². The Hall–Kier alpha value is -2.53. The first-order chi connectivity index (χ1) is 11.6. The number of benzene rings is 2. The number of carboxylic acids is 1. The van der Waals surface area contributed by atoms with Gasteiger partial charge < -0.3 is 14.6 Å². The van der Waals surface area contributed by atoms with Gasteiger partial charge in [0.2, 0.25) is 0 Å². The highest BCUT2D eigenvalue weighted by molar-refractivity contribution is 5.66. The summed E-state index contributed by atoms with van der Waals surface area (Å²) in [6.45, 7) is 1.86. The second-order valence-corrected chi connectivity index (χ2v) is 5.55. The molecule has 0 bridgehead atoms. The minimum Gasteiger partial charge on any atom is -0.497 e. The molecular weight excluding hydrogens is 306 g/mol. The van der Waals surface area contributed by atoms with Crippen LogP contribution in [0.1, 0.15) is 17.5 Å². The Morgan fingerprint density at radius 1 is 0.875 bits per heavy atom. The summed E-state index contributed by atoms with van der Waals surface area (Å²) in [5, 5.41) is 8.97. The van der Waals surface area contributed by atoms with E-state index >= 15 is 0 Å². The molecule has 0 aliphatic heterocycles. The molecule has 5 nitrogen and oxygen atoms in total. The molecule has 0 spiro atoms. The topological polar surface area (TPSA) is 59.0 Å². The average Bonchev–Trinajstić information content (AvgIpc) is 2.61. The van der Waals surface area contributed by atoms with Gasteiger partial charge >= 0.3 is 5.97 Å². The Morgan fingerprint density at radius 3 is 1.62 bits per heavy atom. The minimum atomic E-state index is -0.788. The number of carboxylic acid groups (broad SMARTS) is 1. The maximum absolute atomic E-state index is 10.9. The van der Waals surface area contributed by atoms with Crippen LogP contribution in [0.15, 0.2) is 48.5 Å². The second-order valence-electron chi connectivity index (χ2n) is 5.55. The number of rotatable bonds is 9. The van der Waals surface area contributed by atoms with Crippen molar-refractivity contribution in [3.63, 3.8) is 0 Å². The first-order valence-electron chi connectivity index (χ1n) is 7.80. The lowest BCUT2D eigenvalue weighted by Gasteiger charge is -2.22. The quantitative estimate of drug-likeness (QED) is 0.766. The van der Waals surface area contributed by atoms with E-state index in [1.807, 2.05) is 48.5 Å². The van der Waals surface area contributed by atoms with Gasteiger partial charge in [-0.2, -0.15) is 0 Å². The lowest BCUT2D eigenvalue weighted by Crippen LogP contribution is -2.25. The van der Waals surface area contributed by atoms with Gasteiger partial charge in [-0.3, -0.25) is 9.69 Å². The lowest BCUT2D eigenvalue weighted by molar-refractivity contribution is -0.137. The number of hydrogen-bond donors (Lipinski definition) is 1. The van der Waals surface area contributed by atoms with Gasteiger partial charge in [-0.1, -0.05) is 24.3 Å². The number of ether oxygens (including phenoxy) is 2. The fourth-order valence-corrected chi connectivity index (χ4v) is 2.45. The van der Waals surface area contributed by atoms with Crippen molar-refractivity contribution in [3.8, 4) is 11.5 Å². The van der Waals surface area contributed by atoms with Crippen molar-refractivity contribution >= 4 is 5.97 Å². The summed E-state index contributed by atoms with van der Waals surface area (Å²) in [5.74, 6) is 0.835. The normalized spacial score (nSPS) is 10.6. The van der Waals surface area contributed by atoms with E-state index in [1.165, 1.54) is 0 Å². The Labute approximate surface area is 142 Å². The van der Waals surface area contributed by atoms with Gasteiger partial charge in [-0.15, -0.1) is 0 Å². The van der Waals surface area contributed by atoms with Gasteiger partial charge in [-0.25, -0.2) is 0 Å². The van der Waals surface area contributed by atoms with Crippen molar-refractivity contribution in [1.82, 2.24) is 4.90 Å². The van der Waals surface area contributed by atoms with E-state index < -0.39 is 5.97 Å². The van der Waals surface area contributed by atoms with Crippen LogP contribution in [0.4, 0.5) is 0 Å². The molecule has 0 unspecified atom stereocenters. The van der Waals surface area contributed by atoms with Gasteiger partial charge in [0.15, 0.2) is 0 Å². The summed E-state index contributed by atoms with van der Waals surface area (Å²) in [7, 11) is 3.27. The summed E-state index contributed by atoms with van der Waals surface area (Å²) >= 11 is 0. The Bertz CT molecular complexity index is 588. The van der Waals surface area contributed by atoms with Crippen LogP contribution in [0.5, 0.6) is 11.5 Å². The SMILES string of the molecule is COc1ccc(CN(CCC(=O)O)Cc2ccc(OC)cc2)cc1. The second kappa shape index (κ2) is 8.93. The molecule has 0 fully saturated rings. The molecule has 5 heteroatoms. The Morgan fingerprint density at radius 2 is 1.29 bits per heavy atom. The largest absolute Gasteiger partial charge is 0.497 e. The molecule has 0 radical (unpaired) electrons. The van der Waals surface area contributed by atoms with Gasteiger partial charge in [-0.05, 0) is 35.4 Å². The molecule has 1 N–H and O–H groups in total. The first kappa shape index (κ1) is 17.8. The van der Waals surface area contributed by atoms with Crippen LogP contribution < -0.4 is 9.47 Å². The van der Waals surface area contributed by atoms with Crippen molar-refractivity contribution in [2.24, 2.45) is 0 Å². The van der Waals surface area contributed by atoms with Crippen LogP contribution in [-0.4, -0.2) is 36.7 Å². The molecule has 0 aromatic heterocycles. The van der Waals surface area contributed by atoms with Crippen molar-refractivity contribution in [3.05, 3.63) is 59.7 Å². The molecule has 24 heavy (non-hydrogen) atoms. The standard InChI is InChI=1S/C19H23NO4/c1-23-17-7-3-15(4-8-17)13-20(12-11-19(21)22)14-16-5-9-18(24-2)10-6-16/h3-10H,11-14H2,1-2H3,(H,21,22). The van der Waals surface area contributed by atoms with E-state index in [4.69, 9.17) is 14.6 Å². The zero-order valence-corrected chi connectivity index (χ0v) is 14.1. The van der Waals surface area contributed by atoms with E-state index in [1.54, 1.807) is 14.2 Å². The van der Waals surface area contributed by atoms with Gasteiger partial charge in [0, 0.05) is 19.6 Å². The smallest absolute Gasteiger partial charge is 0.304 e.